The van der Waals surface area contributed by atoms with E-state index in [9.17, 15) is 0 Å². The zero-order valence-electron chi connectivity index (χ0n) is 32.1. The predicted octanol–water partition coefficient (Wildman–Crippen LogP) is 9.65. The van der Waals surface area contributed by atoms with E-state index >= 15 is 0 Å². The number of nitrogens with one attached hydrogen (secondary N) is 1. The quantitative estimate of drug-likeness (QED) is 0.0871. The third-order valence-electron chi connectivity index (χ3n) is 12.1. The molecule has 3 aromatic rings. The van der Waals surface area contributed by atoms with Crippen LogP contribution in [0.3, 0.4) is 0 Å². The van der Waals surface area contributed by atoms with Gasteiger partial charge in [-0.1, -0.05) is 178 Å². The fourth-order valence-electron chi connectivity index (χ4n) is 5.35. The van der Waals surface area contributed by atoms with E-state index in [1.807, 2.05) is 11.8 Å². The van der Waals surface area contributed by atoms with Gasteiger partial charge in [0.05, 0.1) is 24.2 Å². The van der Waals surface area contributed by atoms with Gasteiger partial charge in [-0.05, 0) is 58.5 Å². The van der Waals surface area contributed by atoms with Gasteiger partial charge in [-0.25, -0.2) is 0 Å². The molecule has 3 aromatic carbocycles. The summed E-state index contributed by atoms with van der Waals surface area (Å²) in [6.45, 7) is 38.9. The lowest BCUT2D eigenvalue weighted by Gasteiger charge is -2.38. The van der Waals surface area contributed by atoms with Crippen LogP contribution in [0.5, 0.6) is 0 Å². The second-order valence-corrected chi connectivity index (χ2v) is 37.5. The maximum absolute atomic E-state index is 3.81. The van der Waals surface area contributed by atoms with E-state index in [1.165, 1.54) is 21.7 Å². The zero-order chi connectivity index (χ0) is 34.8. The summed E-state index contributed by atoms with van der Waals surface area (Å²) in [4.78, 5) is 1.38. The van der Waals surface area contributed by atoms with E-state index in [4.69, 9.17) is 0 Å². The standard InChI is InChI=1S/C40H66NPSSi3/c1-38(2,3)44(10,11)35-22-16-32(17-23-35)42(33-18-24-36(25-19-33)45(12,13)39(4,5)6)30-28-41-29-31-43-34-20-26-37(27-21-34)46(14,15)40(7,8)9/h16-27,41H,28-31H2,1-15H3. The predicted molar refractivity (Wildman–Crippen MR) is 224 cm³/mol. The van der Waals surface area contributed by atoms with Crippen LogP contribution in [-0.4, -0.2) is 49.2 Å². The minimum Gasteiger partial charge on any atom is -0.316 e. The van der Waals surface area contributed by atoms with Crippen molar-refractivity contribution in [3.63, 3.8) is 0 Å². The van der Waals surface area contributed by atoms with E-state index < -0.39 is 32.1 Å². The van der Waals surface area contributed by atoms with Crippen molar-refractivity contribution in [2.75, 3.05) is 25.0 Å². The van der Waals surface area contributed by atoms with Crippen LogP contribution >= 0.6 is 19.7 Å². The first-order chi connectivity index (χ1) is 21.0. The summed E-state index contributed by atoms with van der Waals surface area (Å²) >= 11 is 1.98. The van der Waals surface area contributed by atoms with Crippen LogP contribution in [0.25, 0.3) is 0 Å². The molecule has 0 spiro atoms. The largest absolute Gasteiger partial charge is 0.316 e. The second kappa shape index (κ2) is 14.9. The van der Waals surface area contributed by atoms with Gasteiger partial charge in [0.25, 0.3) is 0 Å². The maximum Gasteiger partial charge on any atom is 0.0859 e. The van der Waals surface area contributed by atoms with E-state index in [1.54, 1.807) is 15.6 Å². The Balaban J connectivity index is 1.70. The van der Waals surface area contributed by atoms with Crippen LogP contribution < -0.4 is 31.5 Å². The summed E-state index contributed by atoms with van der Waals surface area (Å²) in [7, 11) is -5.02. The highest BCUT2D eigenvalue weighted by Gasteiger charge is 2.38. The summed E-state index contributed by atoms with van der Waals surface area (Å²) in [6.07, 6.45) is 1.17. The molecule has 0 aromatic heterocycles. The van der Waals surface area contributed by atoms with Gasteiger partial charge >= 0.3 is 0 Å². The maximum atomic E-state index is 3.81. The molecule has 0 atom stereocenters. The van der Waals surface area contributed by atoms with Gasteiger partial charge in [-0.3, -0.25) is 0 Å². The molecular weight excluding hydrogens is 642 g/mol. The lowest BCUT2D eigenvalue weighted by Crippen LogP contribution is -2.49. The lowest BCUT2D eigenvalue weighted by atomic mass is 10.2. The van der Waals surface area contributed by atoms with Crippen LogP contribution in [0.15, 0.2) is 77.7 Å². The number of thioether (sulfide) groups is 1. The minimum absolute atomic E-state index is 0.341. The van der Waals surface area contributed by atoms with Gasteiger partial charge in [0.1, 0.15) is 0 Å². The van der Waals surface area contributed by atoms with Crippen LogP contribution in [0.2, 0.25) is 54.4 Å². The summed E-state index contributed by atoms with van der Waals surface area (Å²) in [5.74, 6) is 1.10. The number of hydrogen-bond acceptors (Lipinski definition) is 2. The molecule has 0 saturated carbocycles. The molecule has 0 heterocycles. The first-order valence-corrected chi connectivity index (χ1v) is 28.9. The lowest BCUT2D eigenvalue weighted by molar-refractivity contribution is 0.729. The molecule has 1 nitrogen and oxygen atoms in total. The molecule has 0 aliphatic carbocycles. The highest BCUT2D eigenvalue weighted by molar-refractivity contribution is 7.99. The van der Waals surface area contributed by atoms with Gasteiger partial charge in [0.2, 0.25) is 0 Å². The van der Waals surface area contributed by atoms with Crippen molar-refractivity contribution in [3.8, 4) is 0 Å². The Labute approximate surface area is 293 Å². The normalized spacial score (nSPS) is 13.8. The molecule has 3 rings (SSSR count). The van der Waals surface area contributed by atoms with Crippen molar-refractivity contribution in [1.29, 1.82) is 0 Å². The highest BCUT2D eigenvalue weighted by Crippen LogP contribution is 2.38. The van der Waals surface area contributed by atoms with Crippen molar-refractivity contribution in [2.45, 2.75) is 122 Å². The molecule has 0 aliphatic heterocycles. The second-order valence-electron chi connectivity index (χ2n) is 18.0. The van der Waals surface area contributed by atoms with E-state index in [0.717, 1.165) is 18.8 Å². The Kier molecular flexibility index (Phi) is 12.8. The average Bonchev–Trinajstić information content (AvgIpc) is 2.95. The third-order valence-corrected chi connectivity index (χ3v) is 32.2. The Morgan fingerprint density at radius 2 is 0.826 bits per heavy atom. The molecule has 0 radical (unpaired) electrons. The Hall–Kier alpha value is -0.949. The minimum atomic E-state index is -1.56. The Morgan fingerprint density at radius 3 is 1.15 bits per heavy atom. The fourth-order valence-corrected chi connectivity index (χ4v) is 14.0. The topological polar surface area (TPSA) is 12.0 Å². The molecule has 6 heteroatoms. The Bertz CT molecular complexity index is 1320. The SMILES string of the molecule is CC(C)(C)[Si](C)(C)c1ccc(SCCNCCP(c2ccc([Si](C)(C)C(C)(C)C)cc2)c2ccc([Si](C)(C)C(C)(C)C)cc2)cc1. The van der Waals surface area contributed by atoms with E-state index in [0.29, 0.717) is 15.1 Å². The van der Waals surface area contributed by atoms with Crippen molar-refractivity contribution >= 4 is 70.1 Å². The van der Waals surface area contributed by atoms with Gasteiger partial charge in [0.15, 0.2) is 0 Å². The third kappa shape index (κ3) is 9.18. The first-order valence-electron chi connectivity index (χ1n) is 17.4. The summed E-state index contributed by atoms with van der Waals surface area (Å²) in [5.41, 5.74) is 0. The van der Waals surface area contributed by atoms with Gasteiger partial charge in [-0.15, -0.1) is 11.8 Å². The molecule has 0 unspecified atom stereocenters. The number of benzene rings is 3. The van der Waals surface area contributed by atoms with Crippen molar-refractivity contribution in [1.82, 2.24) is 5.32 Å². The zero-order valence-corrected chi connectivity index (χ0v) is 36.8. The summed E-state index contributed by atoms with van der Waals surface area (Å²) < 4.78 is 0. The smallest absolute Gasteiger partial charge is 0.0859 e. The highest BCUT2D eigenvalue weighted by atomic mass is 32.2. The number of hydrogen-bond donors (Lipinski definition) is 1. The molecule has 0 fully saturated rings. The number of rotatable bonds is 12. The van der Waals surface area contributed by atoms with Crippen LogP contribution in [-0.2, 0) is 0 Å². The van der Waals surface area contributed by atoms with Crippen LogP contribution in [0, 0.1) is 0 Å². The monoisotopic (exact) mass is 707 g/mol. The van der Waals surface area contributed by atoms with Crippen LogP contribution in [0.4, 0.5) is 0 Å². The molecular formula is C40H66NPSSi3. The molecule has 0 saturated heterocycles. The molecule has 46 heavy (non-hydrogen) atoms. The van der Waals surface area contributed by atoms with E-state index in [-0.39, 0.29) is 0 Å². The molecule has 1 N–H and O–H groups in total. The van der Waals surface area contributed by atoms with Gasteiger partial charge < -0.3 is 5.32 Å². The van der Waals surface area contributed by atoms with Crippen molar-refractivity contribution < 1.29 is 0 Å². The molecule has 0 amide bonds. The Morgan fingerprint density at radius 1 is 0.500 bits per heavy atom. The summed E-state index contributed by atoms with van der Waals surface area (Å²) in [6, 6.07) is 29.2. The molecule has 254 valence electrons. The first kappa shape index (κ1) is 39.5. The van der Waals surface area contributed by atoms with Crippen molar-refractivity contribution in [2.24, 2.45) is 0 Å². The summed E-state index contributed by atoms with van der Waals surface area (Å²) in [5, 5.41) is 12.6. The fraction of sp³-hybridized carbons (Fsp3) is 0.550. The van der Waals surface area contributed by atoms with E-state index in [2.05, 4.69) is 180 Å². The average molecular weight is 708 g/mol. The molecule has 0 aliphatic rings. The van der Waals surface area contributed by atoms with Crippen molar-refractivity contribution in [3.05, 3.63) is 72.8 Å². The molecule has 0 bridgehead atoms. The van der Waals surface area contributed by atoms with Gasteiger partial charge in [-0.2, -0.15) is 0 Å². The van der Waals surface area contributed by atoms with Crippen LogP contribution in [0.1, 0.15) is 62.3 Å². The van der Waals surface area contributed by atoms with Gasteiger partial charge in [0, 0.05) is 17.2 Å².